The van der Waals surface area contributed by atoms with Crippen molar-refractivity contribution in [1.29, 1.82) is 0 Å². The van der Waals surface area contributed by atoms with E-state index in [1.807, 2.05) is 0 Å². The van der Waals surface area contributed by atoms with Gasteiger partial charge in [0, 0.05) is 18.7 Å². The van der Waals surface area contributed by atoms with Crippen LogP contribution in [0.25, 0.3) is 0 Å². The lowest BCUT2D eigenvalue weighted by molar-refractivity contribution is -0.401. The van der Waals surface area contributed by atoms with Gasteiger partial charge >= 0.3 is 17.8 Å². The third-order valence-corrected chi connectivity index (χ3v) is 5.47. The zero-order valence-corrected chi connectivity index (χ0v) is 19.5. The molecule has 0 aromatic heterocycles. The SMILES string of the molecule is CCN(CC)CCNC(=O)COc1ccc(C2=NC3=[N+](C)C(=O)N(C)C(=O)C3=N2)cc1OC. The van der Waals surface area contributed by atoms with Gasteiger partial charge in [0.1, 0.15) is 0 Å². The summed E-state index contributed by atoms with van der Waals surface area (Å²) in [5.41, 5.74) is 0.684. The number of rotatable bonds is 10. The van der Waals surface area contributed by atoms with E-state index < -0.39 is 11.9 Å². The predicted octanol–water partition coefficient (Wildman–Crippen LogP) is 0.366. The fourth-order valence-electron chi connectivity index (χ4n) is 3.42. The average Bonchev–Trinajstić information content (AvgIpc) is 3.28. The quantitative estimate of drug-likeness (QED) is 0.508. The van der Waals surface area contributed by atoms with E-state index in [2.05, 4.69) is 34.0 Å². The number of likely N-dealkylation sites (N-methyl/N-ethyl adjacent to an activating group) is 1. The number of aliphatic imine (C=N–C) groups is 2. The van der Waals surface area contributed by atoms with Crippen molar-refractivity contribution in [3.05, 3.63) is 23.8 Å². The van der Waals surface area contributed by atoms with Gasteiger partial charge in [0.2, 0.25) is 11.5 Å². The number of amidine groups is 2. The number of amides is 4. The standard InChI is InChI=1S/C22H28N6O5/c1-6-28(7-2)11-10-23-17(29)13-33-15-9-8-14(12-16(15)32-5)19-24-18-20(25-19)26(3)22(31)27(4)21(18)30/h8-9,12H,6-7,10-11,13H2,1-5H3/p+1. The first-order chi connectivity index (χ1) is 15.8. The van der Waals surface area contributed by atoms with Crippen molar-refractivity contribution in [3.8, 4) is 11.5 Å². The van der Waals surface area contributed by atoms with Gasteiger partial charge in [-0.15, -0.1) is 0 Å². The number of ether oxygens (including phenoxy) is 2. The molecule has 176 valence electrons. The molecule has 0 radical (unpaired) electrons. The summed E-state index contributed by atoms with van der Waals surface area (Å²) in [6, 6.07) is 4.53. The third-order valence-electron chi connectivity index (χ3n) is 5.47. The van der Waals surface area contributed by atoms with Crippen LogP contribution in [-0.4, -0.2) is 104 Å². The molecule has 2 heterocycles. The fraction of sp³-hybridized carbons (Fsp3) is 0.455. The second-order valence-corrected chi connectivity index (χ2v) is 7.46. The van der Waals surface area contributed by atoms with Crippen LogP contribution in [0.3, 0.4) is 0 Å². The number of hydrogen-bond donors (Lipinski definition) is 1. The molecule has 1 aromatic rings. The summed E-state index contributed by atoms with van der Waals surface area (Å²) < 4.78 is 12.3. The lowest BCUT2D eigenvalue weighted by Gasteiger charge is -2.18. The van der Waals surface area contributed by atoms with Gasteiger partial charge in [0.05, 0.1) is 21.2 Å². The highest BCUT2D eigenvalue weighted by Crippen LogP contribution is 2.29. The number of nitrogens with zero attached hydrogens (tertiary/aromatic N) is 5. The second-order valence-electron chi connectivity index (χ2n) is 7.46. The van der Waals surface area contributed by atoms with Crippen molar-refractivity contribution in [2.75, 3.05) is 54.0 Å². The van der Waals surface area contributed by atoms with Gasteiger partial charge in [0.15, 0.2) is 18.1 Å². The molecule has 0 saturated heterocycles. The highest BCUT2D eigenvalue weighted by atomic mass is 16.5. The molecule has 4 amide bonds. The van der Waals surface area contributed by atoms with Gasteiger partial charge in [-0.1, -0.05) is 18.8 Å². The van der Waals surface area contributed by atoms with Gasteiger partial charge in [-0.3, -0.25) is 4.79 Å². The smallest absolute Gasteiger partial charge is 0.446 e. The van der Waals surface area contributed by atoms with Crippen LogP contribution in [0.2, 0.25) is 0 Å². The summed E-state index contributed by atoms with van der Waals surface area (Å²) in [5, 5.41) is 2.84. The highest BCUT2D eigenvalue weighted by molar-refractivity contribution is 6.70. The number of urea groups is 1. The van der Waals surface area contributed by atoms with Crippen molar-refractivity contribution < 1.29 is 28.4 Å². The summed E-state index contributed by atoms with van der Waals surface area (Å²) in [4.78, 5) is 48.5. The number of methoxy groups -OCH3 is 1. The first-order valence-electron chi connectivity index (χ1n) is 10.7. The van der Waals surface area contributed by atoms with E-state index in [9.17, 15) is 14.4 Å². The number of nitrogens with one attached hydrogen (secondary N) is 1. The maximum atomic E-state index is 12.4. The Morgan fingerprint density at radius 2 is 1.91 bits per heavy atom. The minimum atomic E-state index is -0.509. The van der Waals surface area contributed by atoms with Crippen molar-refractivity contribution in [2.45, 2.75) is 13.8 Å². The molecule has 0 spiro atoms. The van der Waals surface area contributed by atoms with Gasteiger partial charge in [-0.25, -0.2) is 9.59 Å². The predicted molar refractivity (Wildman–Crippen MR) is 123 cm³/mol. The summed E-state index contributed by atoms with van der Waals surface area (Å²) >= 11 is 0. The van der Waals surface area contributed by atoms with Gasteiger partial charge in [0.25, 0.3) is 5.91 Å². The zero-order chi connectivity index (χ0) is 24.1. The van der Waals surface area contributed by atoms with Crippen LogP contribution in [-0.2, 0) is 9.59 Å². The van der Waals surface area contributed by atoms with Crippen LogP contribution in [0, 0.1) is 0 Å². The van der Waals surface area contributed by atoms with E-state index in [1.54, 1.807) is 18.2 Å². The fourth-order valence-corrected chi connectivity index (χ4v) is 3.42. The van der Waals surface area contributed by atoms with Crippen LogP contribution in [0.15, 0.2) is 28.2 Å². The molecular weight excluding hydrogens is 428 g/mol. The first kappa shape index (κ1) is 24.1. The van der Waals surface area contributed by atoms with Crippen LogP contribution >= 0.6 is 0 Å². The molecule has 0 unspecified atom stereocenters. The topological polar surface area (TPSA) is 116 Å². The number of hydrogen-bond acceptors (Lipinski definition) is 8. The Morgan fingerprint density at radius 1 is 1.18 bits per heavy atom. The van der Waals surface area contributed by atoms with Gasteiger partial charge in [-0.2, -0.15) is 14.5 Å². The summed E-state index contributed by atoms with van der Waals surface area (Å²) in [7, 11) is 4.42. The molecule has 0 bridgehead atoms. The number of imide groups is 1. The van der Waals surface area contributed by atoms with Gasteiger partial charge < -0.3 is 19.7 Å². The van der Waals surface area contributed by atoms with E-state index in [1.165, 1.54) is 25.8 Å². The van der Waals surface area contributed by atoms with Crippen molar-refractivity contribution >= 4 is 35.2 Å². The highest BCUT2D eigenvalue weighted by Gasteiger charge is 2.44. The van der Waals surface area contributed by atoms with E-state index in [-0.39, 0.29) is 29.9 Å². The monoisotopic (exact) mass is 457 g/mol. The molecular formula is C22H29N6O5+. The average molecular weight is 458 g/mol. The molecule has 0 fully saturated rings. The Balaban J connectivity index is 1.69. The van der Waals surface area contributed by atoms with Gasteiger partial charge in [-0.05, 0) is 31.3 Å². The summed E-state index contributed by atoms with van der Waals surface area (Å²) in [6.07, 6.45) is 0. The number of carbonyl (C=O) groups excluding carboxylic acids is 3. The number of fused-ring (bicyclic) bond motifs is 1. The maximum Gasteiger partial charge on any atom is 0.446 e. The van der Waals surface area contributed by atoms with Crippen molar-refractivity contribution in [3.63, 3.8) is 0 Å². The largest absolute Gasteiger partial charge is 0.493 e. The number of benzene rings is 1. The molecule has 0 saturated carbocycles. The third kappa shape index (κ3) is 5.08. The molecule has 2 aliphatic rings. The van der Waals surface area contributed by atoms with Crippen LogP contribution < -0.4 is 14.8 Å². The minimum Gasteiger partial charge on any atom is -0.493 e. The Hall–Kier alpha value is -3.60. The van der Waals surface area contributed by atoms with E-state index in [4.69, 9.17) is 9.47 Å². The van der Waals surface area contributed by atoms with Crippen molar-refractivity contribution in [2.24, 2.45) is 9.98 Å². The molecule has 11 heteroatoms. The lowest BCUT2D eigenvalue weighted by atomic mass is 10.2. The van der Waals surface area contributed by atoms with E-state index in [0.29, 0.717) is 23.6 Å². The molecule has 33 heavy (non-hydrogen) atoms. The Morgan fingerprint density at radius 3 is 2.58 bits per heavy atom. The molecule has 0 aliphatic carbocycles. The Bertz CT molecular complexity index is 1060. The van der Waals surface area contributed by atoms with Crippen molar-refractivity contribution in [1.82, 2.24) is 15.1 Å². The first-order valence-corrected chi connectivity index (χ1v) is 10.7. The zero-order valence-electron chi connectivity index (χ0n) is 19.5. The van der Waals surface area contributed by atoms with E-state index >= 15 is 0 Å². The maximum absolute atomic E-state index is 12.4. The lowest BCUT2D eigenvalue weighted by Crippen LogP contribution is -2.51. The minimum absolute atomic E-state index is 0.107. The molecule has 2 aliphatic heterocycles. The number of carbonyl (C=O) groups is 3. The molecule has 1 N–H and O–H groups in total. The molecule has 3 rings (SSSR count). The molecule has 0 atom stereocenters. The molecule has 1 aromatic carbocycles. The normalized spacial score (nSPS) is 15.5. The Kier molecular flexibility index (Phi) is 7.54. The Labute approximate surface area is 192 Å². The van der Waals surface area contributed by atoms with Crippen LogP contribution in [0.1, 0.15) is 19.4 Å². The second kappa shape index (κ2) is 10.3. The van der Waals surface area contributed by atoms with E-state index in [0.717, 1.165) is 24.5 Å². The summed E-state index contributed by atoms with van der Waals surface area (Å²) in [5.74, 6) is 0.529. The summed E-state index contributed by atoms with van der Waals surface area (Å²) in [6.45, 7) is 7.19. The molecule has 11 nitrogen and oxygen atoms in total. The van der Waals surface area contributed by atoms with Crippen LogP contribution in [0.4, 0.5) is 4.79 Å². The van der Waals surface area contributed by atoms with Crippen LogP contribution in [0.5, 0.6) is 11.5 Å².